The van der Waals surface area contributed by atoms with Crippen LogP contribution in [0, 0.1) is 5.92 Å². The SMILES string of the molecule is CC(=O)Nc1cccc(CN2CC[C@H](CN3CCCCC3)C2)c1. The fourth-order valence-electron chi connectivity index (χ4n) is 3.92. The molecule has 1 aromatic carbocycles. The molecule has 1 aromatic rings. The molecule has 0 saturated carbocycles. The summed E-state index contributed by atoms with van der Waals surface area (Å²) >= 11 is 0. The van der Waals surface area contributed by atoms with E-state index in [9.17, 15) is 4.79 Å². The summed E-state index contributed by atoms with van der Waals surface area (Å²) in [5.74, 6) is 0.816. The lowest BCUT2D eigenvalue weighted by molar-refractivity contribution is -0.114. The number of hydrogen-bond acceptors (Lipinski definition) is 3. The van der Waals surface area contributed by atoms with Gasteiger partial charge in [0.15, 0.2) is 0 Å². The van der Waals surface area contributed by atoms with Gasteiger partial charge in [-0.1, -0.05) is 18.6 Å². The molecular weight excluding hydrogens is 286 g/mol. The van der Waals surface area contributed by atoms with Gasteiger partial charge in [-0.05, 0) is 62.5 Å². The number of benzene rings is 1. The summed E-state index contributed by atoms with van der Waals surface area (Å²) in [5, 5.41) is 2.87. The maximum absolute atomic E-state index is 11.2. The van der Waals surface area contributed by atoms with Crippen LogP contribution in [-0.4, -0.2) is 48.4 Å². The maximum atomic E-state index is 11.2. The topological polar surface area (TPSA) is 35.6 Å². The van der Waals surface area contributed by atoms with Gasteiger partial charge in [0.05, 0.1) is 0 Å². The maximum Gasteiger partial charge on any atom is 0.221 e. The lowest BCUT2D eigenvalue weighted by atomic mass is 10.1. The van der Waals surface area contributed by atoms with Crippen molar-refractivity contribution in [2.45, 2.75) is 39.2 Å². The summed E-state index contributed by atoms with van der Waals surface area (Å²) in [4.78, 5) is 16.4. The van der Waals surface area contributed by atoms with Crippen LogP contribution >= 0.6 is 0 Å². The molecule has 2 fully saturated rings. The zero-order chi connectivity index (χ0) is 16.1. The minimum atomic E-state index is -0.00934. The number of carbonyl (C=O) groups is 1. The molecule has 0 aromatic heterocycles. The van der Waals surface area contributed by atoms with Crippen LogP contribution in [0.1, 0.15) is 38.2 Å². The van der Waals surface area contributed by atoms with Crippen LogP contribution in [0.3, 0.4) is 0 Å². The van der Waals surface area contributed by atoms with E-state index in [1.807, 2.05) is 12.1 Å². The van der Waals surface area contributed by atoms with E-state index in [4.69, 9.17) is 0 Å². The smallest absolute Gasteiger partial charge is 0.221 e. The molecule has 0 spiro atoms. The Kier molecular flexibility index (Phi) is 5.68. The number of carbonyl (C=O) groups excluding carboxylic acids is 1. The van der Waals surface area contributed by atoms with Crippen molar-refractivity contribution >= 4 is 11.6 Å². The molecular formula is C19H29N3O. The Bertz CT molecular complexity index is 525. The van der Waals surface area contributed by atoms with Gasteiger partial charge >= 0.3 is 0 Å². The molecule has 4 nitrogen and oxygen atoms in total. The predicted octanol–water partition coefficient (Wildman–Crippen LogP) is 2.95. The number of hydrogen-bond donors (Lipinski definition) is 1. The summed E-state index contributed by atoms with van der Waals surface area (Å²) < 4.78 is 0. The summed E-state index contributed by atoms with van der Waals surface area (Å²) in [7, 11) is 0. The molecule has 2 heterocycles. The van der Waals surface area contributed by atoms with Crippen molar-refractivity contribution in [3.05, 3.63) is 29.8 Å². The number of anilines is 1. The average Bonchev–Trinajstić information content (AvgIpc) is 2.95. The Morgan fingerprint density at radius 1 is 1.17 bits per heavy atom. The van der Waals surface area contributed by atoms with Crippen LogP contribution in [0.25, 0.3) is 0 Å². The van der Waals surface area contributed by atoms with Crippen molar-refractivity contribution in [3.63, 3.8) is 0 Å². The van der Waals surface area contributed by atoms with Gasteiger partial charge in [0.25, 0.3) is 0 Å². The van der Waals surface area contributed by atoms with Crippen molar-refractivity contribution in [3.8, 4) is 0 Å². The molecule has 23 heavy (non-hydrogen) atoms. The van der Waals surface area contributed by atoms with Crippen LogP contribution in [0.5, 0.6) is 0 Å². The van der Waals surface area contributed by atoms with Crippen molar-refractivity contribution in [2.24, 2.45) is 5.92 Å². The average molecular weight is 315 g/mol. The number of nitrogens with zero attached hydrogens (tertiary/aromatic N) is 2. The summed E-state index contributed by atoms with van der Waals surface area (Å²) in [6.45, 7) is 8.83. The Morgan fingerprint density at radius 2 is 2.00 bits per heavy atom. The molecule has 1 amide bonds. The first kappa shape index (κ1) is 16.5. The van der Waals surface area contributed by atoms with E-state index in [2.05, 4.69) is 27.2 Å². The Hall–Kier alpha value is -1.39. The van der Waals surface area contributed by atoms with Crippen LogP contribution in [0.2, 0.25) is 0 Å². The van der Waals surface area contributed by atoms with E-state index in [0.29, 0.717) is 0 Å². The molecule has 3 rings (SSSR count). The quantitative estimate of drug-likeness (QED) is 0.907. The largest absolute Gasteiger partial charge is 0.326 e. The molecule has 1 N–H and O–H groups in total. The van der Waals surface area contributed by atoms with Crippen molar-refractivity contribution in [2.75, 3.05) is 38.0 Å². The van der Waals surface area contributed by atoms with Crippen LogP contribution < -0.4 is 5.32 Å². The second kappa shape index (κ2) is 7.93. The van der Waals surface area contributed by atoms with Crippen LogP contribution in [0.15, 0.2) is 24.3 Å². The highest BCUT2D eigenvalue weighted by Gasteiger charge is 2.25. The van der Waals surface area contributed by atoms with Gasteiger partial charge in [-0.25, -0.2) is 0 Å². The third kappa shape index (κ3) is 5.05. The normalized spacial score (nSPS) is 23.1. The zero-order valence-electron chi connectivity index (χ0n) is 14.3. The lowest BCUT2D eigenvalue weighted by Gasteiger charge is -2.29. The summed E-state index contributed by atoms with van der Waals surface area (Å²) in [5.41, 5.74) is 2.19. The monoisotopic (exact) mass is 315 g/mol. The Morgan fingerprint density at radius 3 is 2.78 bits per heavy atom. The van der Waals surface area contributed by atoms with Gasteiger partial charge in [0.1, 0.15) is 0 Å². The molecule has 0 aliphatic carbocycles. The van der Waals surface area contributed by atoms with Crippen molar-refractivity contribution in [1.29, 1.82) is 0 Å². The zero-order valence-corrected chi connectivity index (χ0v) is 14.3. The van der Waals surface area contributed by atoms with E-state index in [1.165, 1.54) is 64.0 Å². The number of likely N-dealkylation sites (tertiary alicyclic amines) is 2. The number of amides is 1. The first-order chi connectivity index (χ1) is 11.2. The van der Waals surface area contributed by atoms with E-state index in [-0.39, 0.29) is 5.91 Å². The predicted molar refractivity (Wildman–Crippen MR) is 94.4 cm³/mol. The fraction of sp³-hybridized carbons (Fsp3) is 0.632. The third-order valence-corrected chi connectivity index (χ3v) is 4.99. The van der Waals surface area contributed by atoms with E-state index in [0.717, 1.165) is 18.2 Å². The van der Waals surface area contributed by atoms with Gasteiger partial charge < -0.3 is 10.2 Å². The Labute approximate surface area is 139 Å². The number of piperidine rings is 1. The molecule has 0 bridgehead atoms. The van der Waals surface area contributed by atoms with Gasteiger partial charge in [-0.2, -0.15) is 0 Å². The standard InChI is InChI=1S/C19H29N3O/c1-16(23)20-19-7-5-6-17(12-19)13-22-11-8-18(15-22)14-21-9-3-2-4-10-21/h5-7,12,18H,2-4,8-11,13-15H2,1H3,(H,20,23)/t18-/m1/s1. The molecule has 2 aliphatic rings. The third-order valence-electron chi connectivity index (χ3n) is 4.99. The van der Waals surface area contributed by atoms with Gasteiger partial charge in [0, 0.05) is 32.2 Å². The molecule has 4 heteroatoms. The van der Waals surface area contributed by atoms with Gasteiger partial charge in [-0.3, -0.25) is 9.69 Å². The first-order valence-corrected chi connectivity index (χ1v) is 9.00. The summed E-state index contributed by atoms with van der Waals surface area (Å²) in [6, 6.07) is 8.23. The second-order valence-electron chi connectivity index (χ2n) is 7.13. The van der Waals surface area contributed by atoms with Crippen LogP contribution in [0.4, 0.5) is 5.69 Å². The second-order valence-corrected chi connectivity index (χ2v) is 7.13. The van der Waals surface area contributed by atoms with Crippen molar-refractivity contribution in [1.82, 2.24) is 9.80 Å². The highest BCUT2D eigenvalue weighted by molar-refractivity contribution is 5.88. The molecule has 126 valence electrons. The fourth-order valence-corrected chi connectivity index (χ4v) is 3.92. The molecule has 2 saturated heterocycles. The number of rotatable bonds is 5. The summed E-state index contributed by atoms with van der Waals surface area (Å²) in [6.07, 6.45) is 5.50. The molecule has 0 radical (unpaired) electrons. The van der Waals surface area contributed by atoms with E-state index >= 15 is 0 Å². The minimum Gasteiger partial charge on any atom is -0.326 e. The highest BCUT2D eigenvalue weighted by Crippen LogP contribution is 2.22. The molecule has 0 unspecified atom stereocenters. The Balaban J connectivity index is 1.48. The lowest BCUT2D eigenvalue weighted by Crippen LogP contribution is -2.35. The van der Waals surface area contributed by atoms with E-state index in [1.54, 1.807) is 6.92 Å². The van der Waals surface area contributed by atoms with Gasteiger partial charge in [-0.15, -0.1) is 0 Å². The van der Waals surface area contributed by atoms with Gasteiger partial charge in [0.2, 0.25) is 5.91 Å². The van der Waals surface area contributed by atoms with E-state index < -0.39 is 0 Å². The molecule has 2 aliphatic heterocycles. The highest BCUT2D eigenvalue weighted by atomic mass is 16.1. The number of nitrogens with one attached hydrogen (secondary N) is 1. The van der Waals surface area contributed by atoms with Crippen molar-refractivity contribution < 1.29 is 4.79 Å². The van der Waals surface area contributed by atoms with Crippen LogP contribution in [-0.2, 0) is 11.3 Å². The molecule has 1 atom stereocenters. The minimum absolute atomic E-state index is 0.00934. The first-order valence-electron chi connectivity index (χ1n) is 9.00.